The van der Waals surface area contributed by atoms with Crippen LogP contribution in [0.15, 0.2) is 24.3 Å². The molecule has 0 aliphatic rings. The van der Waals surface area contributed by atoms with Crippen molar-refractivity contribution in [1.29, 1.82) is 0 Å². The zero-order valence-corrected chi connectivity index (χ0v) is 12.0. The van der Waals surface area contributed by atoms with Gasteiger partial charge in [-0.2, -0.15) is 0 Å². The van der Waals surface area contributed by atoms with Crippen LogP contribution in [-0.2, 0) is 16.0 Å². The minimum atomic E-state index is -0.0907. The molecule has 0 aromatic heterocycles. The molecule has 0 heterocycles. The van der Waals surface area contributed by atoms with Crippen LogP contribution in [0.2, 0.25) is 0 Å². The summed E-state index contributed by atoms with van der Waals surface area (Å²) >= 11 is 0. The largest absolute Gasteiger partial charge is 0.508 e. The molecule has 0 aliphatic carbocycles. The van der Waals surface area contributed by atoms with E-state index in [1.54, 1.807) is 18.2 Å². The maximum atomic E-state index is 11.6. The Morgan fingerprint density at radius 3 is 2.45 bits per heavy atom. The summed E-state index contributed by atoms with van der Waals surface area (Å²) in [6, 6.07) is 6.98. The van der Waals surface area contributed by atoms with Gasteiger partial charge in [0, 0.05) is 25.4 Å². The maximum absolute atomic E-state index is 11.6. The second kappa shape index (κ2) is 8.19. The molecule has 110 valence electrons. The van der Waals surface area contributed by atoms with Gasteiger partial charge in [-0.25, -0.2) is 0 Å². The average Bonchev–Trinajstić information content (AvgIpc) is 2.42. The molecule has 0 fully saturated rings. The van der Waals surface area contributed by atoms with Gasteiger partial charge < -0.3 is 15.7 Å². The fourth-order valence-corrected chi connectivity index (χ4v) is 1.65. The molecular weight excluding hydrogens is 256 g/mol. The highest BCUT2D eigenvalue weighted by Crippen LogP contribution is 2.16. The molecule has 1 rings (SSSR count). The number of hydrogen-bond acceptors (Lipinski definition) is 3. The Bertz CT molecular complexity index is 458. The van der Waals surface area contributed by atoms with E-state index in [4.69, 9.17) is 0 Å². The van der Waals surface area contributed by atoms with Gasteiger partial charge in [0.2, 0.25) is 11.8 Å². The van der Waals surface area contributed by atoms with Crippen LogP contribution in [0, 0.1) is 5.92 Å². The number of benzene rings is 1. The molecule has 5 heteroatoms. The predicted octanol–water partition coefficient (Wildman–Crippen LogP) is 1.21. The Morgan fingerprint density at radius 1 is 1.15 bits per heavy atom. The number of carbonyl (C=O) groups excluding carboxylic acids is 2. The van der Waals surface area contributed by atoms with Crippen molar-refractivity contribution in [2.45, 2.75) is 26.7 Å². The summed E-state index contributed by atoms with van der Waals surface area (Å²) in [5, 5.41) is 15.0. The van der Waals surface area contributed by atoms with Gasteiger partial charge in [0.1, 0.15) is 5.75 Å². The van der Waals surface area contributed by atoms with E-state index in [2.05, 4.69) is 10.6 Å². The number of nitrogens with one attached hydrogen (secondary N) is 2. The number of aromatic hydroxyl groups is 1. The normalized spacial score (nSPS) is 10.3. The fraction of sp³-hybridized carbons (Fsp3) is 0.467. The summed E-state index contributed by atoms with van der Waals surface area (Å²) in [5.41, 5.74) is 0.760. The van der Waals surface area contributed by atoms with E-state index in [9.17, 15) is 14.7 Å². The van der Waals surface area contributed by atoms with Crippen LogP contribution in [0.3, 0.4) is 0 Å². The van der Waals surface area contributed by atoms with Crippen molar-refractivity contribution < 1.29 is 14.7 Å². The second-order valence-corrected chi connectivity index (χ2v) is 4.92. The number of para-hydroxylation sites is 1. The van der Waals surface area contributed by atoms with Crippen molar-refractivity contribution in [3.63, 3.8) is 0 Å². The smallest absolute Gasteiger partial charge is 0.222 e. The van der Waals surface area contributed by atoms with Gasteiger partial charge in [-0.05, 0) is 18.1 Å². The highest BCUT2D eigenvalue weighted by atomic mass is 16.3. The van der Waals surface area contributed by atoms with E-state index in [0.29, 0.717) is 25.9 Å². The number of hydrogen-bond donors (Lipinski definition) is 3. The highest BCUT2D eigenvalue weighted by molar-refractivity contribution is 5.78. The predicted molar refractivity (Wildman–Crippen MR) is 77.3 cm³/mol. The lowest BCUT2D eigenvalue weighted by atomic mass is 10.1. The standard InChI is InChI=1S/C15H22N2O3/c1-11(2)15(20)17-10-9-16-14(19)8-7-12-5-3-4-6-13(12)18/h3-6,11,18H,7-10H2,1-2H3,(H,16,19)(H,17,20). The Kier molecular flexibility index (Phi) is 6.56. The molecule has 0 aliphatic heterocycles. The lowest BCUT2D eigenvalue weighted by Gasteiger charge is -2.09. The summed E-state index contributed by atoms with van der Waals surface area (Å²) in [5.74, 6) is 0.0526. The molecule has 0 atom stereocenters. The van der Waals surface area contributed by atoms with E-state index in [-0.39, 0.29) is 23.5 Å². The summed E-state index contributed by atoms with van der Waals surface area (Å²) in [7, 11) is 0. The first kappa shape index (κ1) is 16.0. The number of amides is 2. The molecule has 0 radical (unpaired) electrons. The molecule has 0 saturated carbocycles. The van der Waals surface area contributed by atoms with Gasteiger partial charge in [-0.1, -0.05) is 32.0 Å². The third-order valence-electron chi connectivity index (χ3n) is 2.88. The molecule has 0 unspecified atom stereocenters. The lowest BCUT2D eigenvalue weighted by Crippen LogP contribution is -2.36. The van der Waals surface area contributed by atoms with Crippen molar-refractivity contribution in [1.82, 2.24) is 10.6 Å². The first-order chi connectivity index (χ1) is 9.50. The van der Waals surface area contributed by atoms with Gasteiger partial charge >= 0.3 is 0 Å². The third kappa shape index (κ3) is 5.73. The summed E-state index contributed by atoms with van der Waals surface area (Å²) < 4.78 is 0. The molecule has 20 heavy (non-hydrogen) atoms. The molecule has 3 N–H and O–H groups in total. The fourth-order valence-electron chi connectivity index (χ4n) is 1.65. The third-order valence-corrected chi connectivity index (χ3v) is 2.88. The molecule has 0 bridgehead atoms. The summed E-state index contributed by atoms with van der Waals surface area (Å²) in [6.45, 7) is 4.48. The van der Waals surface area contributed by atoms with Crippen molar-refractivity contribution in [2.75, 3.05) is 13.1 Å². The Labute approximate surface area is 119 Å². The monoisotopic (exact) mass is 278 g/mol. The number of phenolic OH excluding ortho intramolecular Hbond substituents is 1. The van der Waals surface area contributed by atoms with E-state index in [0.717, 1.165) is 5.56 Å². The van der Waals surface area contributed by atoms with Gasteiger partial charge in [-0.3, -0.25) is 9.59 Å². The first-order valence-corrected chi connectivity index (χ1v) is 6.82. The second-order valence-electron chi connectivity index (χ2n) is 4.92. The topological polar surface area (TPSA) is 78.4 Å². The van der Waals surface area contributed by atoms with Crippen LogP contribution in [0.5, 0.6) is 5.75 Å². The van der Waals surface area contributed by atoms with E-state index < -0.39 is 0 Å². The van der Waals surface area contributed by atoms with Crippen LogP contribution in [0.4, 0.5) is 0 Å². The number of phenols is 1. The molecule has 0 spiro atoms. The van der Waals surface area contributed by atoms with Crippen LogP contribution in [0.1, 0.15) is 25.8 Å². The van der Waals surface area contributed by atoms with Crippen molar-refractivity contribution in [3.05, 3.63) is 29.8 Å². The van der Waals surface area contributed by atoms with Crippen molar-refractivity contribution >= 4 is 11.8 Å². The van der Waals surface area contributed by atoms with Gasteiger partial charge in [-0.15, -0.1) is 0 Å². The Balaban J connectivity index is 2.18. The van der Waals surface area contributed by atoms with Gasteiger partial charge in [0.25, 0.3) is 0 Å². The van der Waals surface area contributed by atoms with E-state index >= 15 is 0 Å². The van der Waals surface area contributed by atoms with Crippen LogP contribution < -0.4 is 10.6 Å². The quantitative estimate of drug-likeness (QED) is 0.656. The zero-order chi connectivity index (χ0) is 15.0. The SMILES string of the molecule is CC(C)C(=O)NCCNC(=O)CCc1ccccc1O. The van der Waals surface area contributed by atoms with E-state index in [1.165, 1.54) is 0 Å². The van der Waals surface area contributed by atoms with Crippen LogP contribution in [0.25, 0.3) is 0 Å². The minimum absolute atomic E-state index is 0.0199. The van der Waals surface area contributed by atoms with Gasteiger partial charge in [0.15, 0.2) is 0 Å². The molecule has 1 aromatic carbocycles. The molecular formula is C15H22N2O3. The van der Waals surface area contributed by atoms with Gasteiger partial charge in [0.05, 0.1) is 0 Å². The van der Waals surface area contributed by atoms with Crippen LogP contribution in [-0.4, -0.2) is 30.0 Å². The van der Waals surface area contributed by atoms with Crippen molar-refractivity contribution in [2.24, 2.45) is 5.92 Å². The number of carbonyl (C=O) groups is 2. The Morgan fingerprint density at radius 2 is 1.80 bits per heavy atom. The molecule has 2 amide bonds. The maximum Gasteiger partial charge on any atom is 0.222 e. The van der Waals surface area contributed by atoms with Crippen LogP contribution >= 0.6 is 0 Å². The average molecular weight is 278 g/mol. The minimum Gasteiger partial charge on any atom is -0.508 e. The van der Waals surface area contributed by atoms with E-state index in [1.807, 2.05) is 19.9 Å². The molecule has 5 nitrogen and oxygen atoms in total. The lowest BCUT2D eigenvalue weighted by molar-refractivity contribution is -0.124. The highest BCUT2D eigenvalue weighted by Gasteiger charge is 2.07. The van der Waals surface area contributed by atoms with Crippen molar-refractivity contribution in [3.8, 4) is 5.75 Å². The summed E-state index contributed by atoms with van der Waals surface area (Å²) in [6.07, 6.45) is 0.812. The first-order valence-electron chi connectivity index (χ1n) is 6.82. The zero-order valence-electron chi connectivity index (χ0n) is 12.0. The number of rotatable bonds is 7. The summed E-state index contributed by atoms with van der Waals surface area (Å²) in [4.78, 5) is 22.9. The number of aryl methyl sites for hydroxylation is 1. The molecule has 1 aromatic rings. The molecule has 0 saturated heterocycles. The Hall–Kier alpha value is -2.04.